The van der Waals surface area contributed by atoms with Crippen molar-refractivity contribution in [2.75, 3.05) is 6.54 Å². The highest BCUT2D eigenvalue weighted by Crippen LogP contribution is 1.63. The lowest BCUT2D eigenvalue weighted by molar-refractivity contribution is -0.112. The molecule has 4 heteroatoms. The van der Waals surface area contributed by atoms with Crippen LogP contribution in [0.1, 0.15) is 0 Å². The molecule has 0 bridgehead atoms. The van der Waals surface area contributed by atoms with Crippen LogP contribution in [0.4, 0.5) is 0 Å². The Morgan fingerprint density at radius 3 is 2.88 bits per heavy atom. The van der Waals surface area contributed by atoms with Gasteiger partial charge in [-0.2, -0.15) is 0 Å². The molecule has 0 spiro atoms. The molecule has 0 aliphatic rings. The second-order valence-corrected chi connectivity index (χ2v) is 1.74. The summed E-state index contributed by atoms with van der Waals surface area (Å²) in [6.45, 7) is 0.490. The first-order chi connectivity index (χ1) is 3.77. The molecule has 0 saturated heterocycles. The monoisotopic (exact) mass is 224 g/mol. The summed E-state index contributed by atoms with van der Waals surface area (Å²) >= 11 is 1.93. The molecule has 0 aliphatic heterocycles. The SMILES string of the molecule is NC(=O)C#CCNI. The number of hydrogen-bond donors (Lipinski definition) is 2. The molecule has 8 heavy (non-hydrogen) atoms. The summed E-state index contributed by atoms with van der Waals surface area (Å²) in [6, 6.07) is 0. The van der Waals surface area contributed by atoms with Gasteiger partial charge in [0.25, 0.3) is 5.91 Å². The second kappa shape index (κ2) is 4.87. The third-order valence-corrected chi connectivity index (χ3v) is 0.748. The first-order valence-electron chi connectivity index (χ1n) is 1.89. The number of halogens is 1. The maximum Gasteiger partial charge on any atom is 0.293 e. The van der Waals surface area contributed by atoms with E-state index in [1.807, 2.05) is 22.9 Å². The van der Waals surface area contributed by atoms with Gasteiger partial charge in [-0.1, -0.05) is 5.92 Å². The van der Waals surface area contributed by atoms with Crippen molar-refractivity contribution in [3.63, 3.8) is 0 Å². The highest BCUT2D eigenvalue weighted by atomic mass is 127. The number of amides is 1. The van der Waals surface area contributed by atoms with Gasteiger partial charge >= 0.3 is 0 Å². The van der Waals surface area contributed by atoms with Crippen molar-refractivity contribution in [2.45, 2.75) is 0 Å². The quantitative estimate of drug-likeness (QED) is 0.355. The standard InChI is InChI=1S/C4H5IN2O/c5-7-3-1-2-4(6)8/h7H,3H2,(H2,6,8). The molecule has 0 heterocycles. The van der Waals surface area contributed by atoms with Gasteiger partial charge in [-0.3, -0.25) is 4.79 Å². The number of nitrogens with two attached hydrogens (primary N) is 1. The average Bonchev–Trinajstić information content (AvgIpc) is 1.66. The van der Waals surface area contributed by atoms with Gasteiger partial charge in [-0.05, 0) is 5.92 Å². The van der Waals surface area contributed by atoms with E-state index in [9.17, 15) is 4.79 Å². The van der Waals surface area contributed by atoms with Gasteiger partial charge in [-0.25, -0.2) is 3.53 Å². The van der Waals surface area contributed by atoms with Crippen molar-refractivity contribution in [3.05, 3.63) is 0 Å². The Morgan fingerprint density at radius 2 is 2.50 bits per heavy atom. The molecule has 0 aromatic rings. The summed E-state index contributed by atoms with van der Waals surface area (Å²) in [5.41, 5.74) is 4.69. The fourth-order valence-corrected chi connectivity index (χ4v) is 0.355. The van der Waals surface area contributed by atoms with Crippen LogP contribution in [0.2, 0.25) is 0 Å². The van der Waals surface area contributed by atoms with Crippen molar-refractivity contribution in [3.8, 4) is 11.8 Å². The van der Waals surface area contributed by atoms with Crippen LogP contribution in [0.5, 0.6) is 0 Å². The molecule has 0 rings (SSSR count). The lowest BCUT2D eigenvalue weighted by atomic mass is 10.5. The number of carbonyl (C=O) groups is 1. The molecule has 0 atom stereocenters. The average molecular weight is 224 g/mol. The maximum atomic E-state index is 9.89. The largest absolute Gasteiger partial charge is 0.359 e. The Balaban J connectivity index is 3.35. The summed E-state index contributed by atoms with van der Waals surface area (Å²) < 4.78 is 2.71. The van der Waals surface area contributed by atoms with Crippen LogP contribution in [0.15, 0.2) is 0 Å². The highest BCUT2D eigenvalue weighted by molar-refractivity contribution is 14.1. The van der Waals surface area contributed by atoms with Gasteiger partial charge in [-0.15, -0.1) is 0 Å². The van der Waals surface area contributed by atoms with Gasteiger partial charge in [0.1, 0.15) is 0 Å². The molecule has 3 N–H and O–H groups in total. The highest BCUT2D eigenvalue weighted by Gasteiger charge is 1.76. The zero-order valence-corrected chi connectivity index (χ0v) is 6.23. The molecule has 3 nitrogen and oxygen atoms in total. The van der Waals surface area contributed by atoms with Crippen LogP contribution in [0.3, 0.4) is 0 Å². The number of rotatable bonds is 1. The summed E-state index contributed by atoms with van der Waals surface area (Å²) in [4.78, 5) is 9.89. The minimum absolute atomic E-state index is 0.490. The Labute approximate surface area is 61.5 Å². The summed E-state index contributed by atoms with van der Waals surface area (Å²) in [5, 5.41) is 0. The molecule has 0 aromatic heterocycles. The van der Waals surface area contributed by atoms with Crippen molar-refractivity contribution in [2.24, 2.45) is 5.73 Å². The van der Waals surface area contributed by atoms with Crippen molar-refractivity contribution in [1.29, 1.82) is 0 Å². The van der Waals surface area contributed by atoms with Gasteiger partial charge in [0.15, 0.2) is 0 Å². The second-order valence-electron chi connectivity index (χ2n) is 0.976. The van der Waals surface area contributed by atoms with Crippen molar-refractivity contribution in [1.82, 2.24) is 3.53 Å². The smallest absolute Gasteiger partial charge is 0.293 e. The minimum atomic E-state index is -0.586. The molecular formula is C4H5IN2O. The molecule has 0 aliphatic carbocycles. The predicted molar refractivity (Wildman–Crippen MR) is 39.0 cm³/mol. The van der Waals surface area contributed by atoms with Gasteiger partial charge in [0.05, 0.1) is 6.54 Å². The Morgan fingerprint density at radius 1 is 1.88 bits per heavy atom. The Bertz CT molecular complexity index is 135. The molecule has 0 unspecified atom stereocenters. The first kappa shape index (κ1) is 7.72. The predicted octanol–water partition coefficient (Wildman–Crippen LogP) is -0.585. The van der Waals surface area contributed by atoms with Crippen LogP contribution in [0, 0.1) is 11.8 Å². The Kier molecular flexibility index (Phi) is 4.70. The molecule has 1 amide bonds. The van der Waals surface area contributed by atoms with Gasteiger partial charge < -0.3 is 5.73 Å². The molecule has 0 radical (unpaired) electrons. The molecule has 0 aromatic carbocycles. The number of hydrogen-bond acceptors (Lipinski definition) is 2. The molecule has 0 saturated carbocycles. The summed E-state index contributed by atoms with van der Waals surface area (Å²) in [5.74, 6) is 4.07. The topological polar surface area (TPSA) is 55.1 Å². The molecule has 0 fully saturated rings. The van der Waals surface area contributed by atoms with E-state index in [0.29, 0.717) is 6.54 Å². The first-order valence-corrected chi connectivity index (χ1v) is 2.97. The van der Waals surface area contributed by atoms with E-state index >= 15 is 0 Å². The molecule has 44 valence electrons. The molecular weight excluding hydrogens is 219 g/mol. The summed E-state index contributed by atoms with van der Waals surface area (Å²) in [7, 11) is 0. The van der Waals surface area contributed by atoms with E-state index in [0.717, 1.165) is 0 Å². The number of nitrogens with one attached hydrogen (secondary N) is 1. The van der Waals surface area contributed by atoms with Crippen LogP contribution >= 0.6 is 22.9 Å². The summed E-state index contributed by atoms with van der Waals surface area (Å²) in [6.07, 6.45) is 0. The lowest BCUT2D eigenvalue weighted by Crippen LogP contribution is -2.07. The fraction of sp³-hybridized carbons (Fsp3) is 0.250. The third-order valence-electron chi connectivity index (χ3n) is 0.367. The zero-order chi connectivity index (χ0) is 6.41. The fourth-order valence-electron chi connectivity index (χ4n) is 0.165. The van der Waals surface area contributed by atoms with Crippen LogP contribution < -0.4 is 9.26 Å². The van der Waals surface area contributed by atoms with E-state index in [1.165, 1.54) is 0 Å². The van der Waals surface area contributed by atoms with E-state index in [4.69, 9.17) is 5.73 Å². The number of carbonyl (C=O) groups excluding carboxylic acids is 1. The maximum absolute atomic E-state index is 9.89. The van der Waals surface area contributed by atoms with Crippen molar-refractivity contribution >= 4 is 28.8 Å². The number of primary amides is 1. The lowest BCUT2D eigenvalue weighted by Gasteiger charge is -1.77. The van der Waals surface area contributed by atoms with E-state index in [-0.39, 0.29) is 0 Å². The van der Waals surface area contributed by atoms with Crippen LogP contribution in [0.25, 0.3) is 0 Å². The minimum Gasteiger partial charge on any atom is -0.359 e. The van der Waals surface area contributed by atoms with Gasteiger partial charge in [0.2, 0.25) is 0 Å². The van der Waals surface area contributed by atoms with Crippen LogP contribution in [-0.2, 0) is 4.79 Å². The third kappa shape index (κ3) is 5.72. The van der Waals surface area contributed by atoms with Crippen molar-refractivity contribution < 1.29 is 4.79 Å². The van der Waals surface area contributed by atoms with Gasteiger partial charge in [0, 0.05) is 22.9 Å². The zero-order valence-electron chi connectivity index (χ0n) is 4.07. The van der Waals surface area contributed by atoms with E-state index in [1.54, 1.807) is 0 Å². The van der Waals surface area contributed by atoms with E-state index in [2.05, 4.69) is 15.4 Å². The Hall–Kier alpha value is -0.280. The van der Waals surface area contributed by atoms with Crippen LogP contribution in [-0.4, -0.2) is 12.5 Å². The van der Waals surface area contributed by atoms with E-state index < -0.39 is 5.91 Å². The normalized spacial score (nSPS) is 7.12.